The topological polar surface area (TPSA) is 35.2 Å². The maximum Gasteiger partial charge on any atom is 0.165 e. The fourth-order valence-electron chi connectivity index (χ4n) is 1.63. The van der Waals surface area contributed by atoms with Crippen LogP contribution in [0.25, 0.3) is 0 Å². The molecule has 0 aliphatic heterocycles. The second kappa shape index (κ2) is 4.42. The molecule has 0 saturated carbocycles. The largest absolute Gasteiger partial charge is 0.493 e. The van der Waals surface area contributed by atoms with E-state index < -0.39 is 5.54 Å². The van der Waals surface area contributed by atoms with Crippen LogP contribution in [-0.2, 0) is 5.54 Å². The maximum absolute atomic E-state index is 13.8. The lowest BCUT2D eigenvalue weighted by Gasteiger charge is -2.24. The molecule has 1 aromatic carbocycles. The second-order valence-corrected chi connectivity index (χ2v) is 4.96. The van der Waals surface area contributed by atoms with Crippen molar-refractivity contribution >= 4 is 0 Å². The molecule has 1 rings (SSSR count). The van der Waals surface area contributed by atoms with Crippen molar-refractivity contribution in [2.45, 2.75) is 39.2 Å². The molecule has 0 aromatic heterocycles. The van der Waals surface area contributed by atoms with E-state index in [0.717, 1.165) is 5.56 Å². The third kappa shape index (κ3) is 2.53. The van der Waals surface area contributed by atoms with E-state index in [1.807, 2.05) is 33.8 Å². The van der Waals surface area contributed by atoms with Crippen LogP contribution < -0.4 is 10.5 Å². The number of ether oxygens (including phenoxy) is 1. The van der Waals surface area contributed by atoms with Crippen molar-refractivity contribution in [2.24, 2.45) is 5.73 Å². The fraction of sp³-hybridized carbons (Fsp3) is 0.538. The summed E-state index contributed by atoms with van der Waals surface area (Å²) in [4.78, 5) is 0. The van der Waals surface area contributed by atoms with Crippen LogP contribution in [0.3, 0.4) is 0 Å². The van der Waals surface area contributed by atoms with Crippen LogP contribution in [0.4, 0.5) is 4.39 Å². The van der Waals surface area contributed by atoms with Gasteiger partial charge in [-0.2, -0.15) is 0 Å². The van der Waals surface area contributed by atoms with Crippen LogP contribution in [0, 0.1) is 5.82 Å². The first kappa shape index (κ1) is 13.0. The SMILES string of the molecule is COc1c(F)cc(C(C)C)cc1C(C)(C)N. The minimum Gasteiger partial charge on any atom is -0.493 e. The first-order valence-corrected chi connectivity index (χ1v) is 5.44. The number of benzene rings is 1. The normalized spacial score (nSPS) is 12.0. The van der Waals surface area contributed by atoms with E-state index in [9.17, 15) is 4.39 Å². The molecule has 0 amide bonds. The highest BCUT2D eigenvalue weighted by atomic mass is 19.1. The Bertz CT molecular complexity index is 380. The summed E-state index contributed by atoms with van der Waals surface area (Å²) < 4.78 is 18.9. The summed E-state index contributed by atoms with van der Waals surface area (Å²) in [6.07, 6.45) is 0. The molecule has 2 N–H and O–H groups in total. The number of halogens is 1. The Hall–Kier alpha value is -1.09. The van der Waals surface area contributed by atoms with Crippen molar-refractivity contribution in [1.82, 2.24) is 0 Å². The molecule has 0 bridgehead atoms. The van der Waals surface area contributed by atoms with Gasteiger partial charge in [0.1, 0.15) is 0 Å². The number of nitrogens with two attached hydrogens (primary N) is 1. The molecule has 0 saturated heterocycles. The first-order chi connectivity index (χ1) is 7.27. The summed E-state index contributed by atoms with van der Waals surface area (Å²) in [5, 5.41) is 0. The molecule has 0 spiro atoms. The van der Waals surface area contributed by atoms with Gasteiger partial charge in [-0.1, -0.05) is 13.8 Å². The molecular formula is C13H20FNO. The Morgan fingerprint density at radius 3 is 2.25 bits per heavy atom. The highest BCUT2D eigenvalue weighted by Crippen LogP contribution is 2.33. The quantitative estimate of drug-likeness (QED) is 0.857. The van der Waals surface area contributed by atoms with Crippen molar-refractivity contribution in [3.8, 4) is 5.75 Å². The van der Waals surface area contributed by atoms with Crippen molar-refractivity contribution in [3.63, 3.8) is 0 Å². The smallest absolute Gasteiger partial charge is 0.165 e. The summed E-state index contributed by atoms with van der Waals surface area (Å²) in [6.45, 7) is 7.73. The predicted molar refractivity (Wildman–Crippen MR) is 64.3 cm³/mol. The van der Waals surface area contributed by atoms with Gasteiger partial charge in [0, 0.05) is 11.1 Å². The summed E-state index contributed by atoms with van der Waals surface area (Å²) in [7, 11) is 1.46. The van der Waals surface area contributed by atoms with Gasteiger partial charge in [0.2, 0.25) is 0 Å². The van der Waals surface area contributed by atoms with Gasteiger partial charge in [-0.15, -0.1) is 0 Å². The molecule has 0 aliphatic rings. The number of rotatable bonds is 3. The molecule has 0 heterocycles. The van der Waals surface area contributed by atoms with Crippen LogP contribution in [-0.4, -0.2) is 7.11 Å². The standard InChI is InChI=1S/C13H20FNO/c1-8(2)9-6-10(13(3,4)15)12(16-5)11(14)7-9/h6-8H,15H2,1-5H3. The molecule has 0 fully saturated rings. The van der Waals surface area contributed by atoms with E-state index >= 15 is 0 Å². The van der Waals surface area contributed by atoms with Crippen molar-refractivity contribution in [1.29, 1.82) is 0 Å². The zero-order chi connectivity index (χ0) is 12.5. The minimum absolute atomic E-state index is 0.247. The van der Waals surface area contributed by atoms with Crippen LogP contribution in [0.1, 0.15) is 44.7 Å². The maximum atomic E-state index is 13.8. The lowest BCUT2D eigenvalue weighted by Crippen LogP contribution is -2.29. The van der Waals surface area contributed by atoms with E-state index in [1.165, 1.54) is 13.2 Å². The Morgan fingerprint density at radius 2 is 1.88 bits per heavy atom. The highest BCUT2D eigenvalue weighted by molar-refractivity contribution is 5.43. The molecule has 1 aromatic rings. The van der Waals surface area contributed by atoms with Crippen LogP contribution in [0.15, 0.2) is 12.1 Å². The summed E-state index contributed by atoms with van der Waals surface area (Å²) in [6, 6.07) is 3.44. The average molecular weight is 225 g/mol. The van der Waals surface area contributed by atoms with Gasteiger partial charge in [0.25, 0.3) is 0 Å². The molecule has 0 unspecified atom stereocenters. The Kier molecular flexibility index (Phi) is 3.58. The molecular weight excluding hydrogens is 205 g/mol. The molecule has 0 aliphatic carbocycles. The van der Waals surface area contributed by atoms with Crippen molar-refractivity contribution in [2.75, 3.05) is 7.11 Å². The molecule has 3 heteroatoms. The van der Waals surface area contributed by atoms with Gasteiger partial charge < -0.3 is 10.5 Å². The Labute approximate surface area is 96.6 Å². The summed E-state index contributed by atoms with van der Waals surface area (Å²) >= 11 is 0. The van der Waals surface area contributed by atoms with Gasteiger partial charge in [-0.05, 0) is 37.5 Å². The number of hydrogen-bond acceptors (Lipinski definition) is 2. The molecule has 16 heavy (non-hydrogen) atoms. The van der Waals surface area contributed by atoms with Gasteiger partial charge in [-0.25, -0.2) is 4.39 Å². The van der Waals surface area contributed by atoms with Gasteiger partial charge in [0.15, 0.2) is 11.6 Å². The van der Waals surface area contributed by atoms with Crippen LogP contribution in [0.5, 0.6) is 5.75 Å². The molecule has 2 nitrogen and oxygen atoms in total. The van der Waals surface area contributed by atoms with E-state index in [2.05, 4.69) is 0 Å². The second-order valence-electron chi connectivity index (χ2n) is 4.96. The summed E-state index contributed by atoms with van der Waals surface area (Å²) in [5.41, 5.74) is 7.05. The molecule has 0 radical (unpaired) electrons. The van der Waals surface area contributed by atoms with E-state index in [-0.39, 0.29) is 17.5 Å². The van der Waals surface area contributed by atoms with Crippen LogP contribution >= 0.6 is 0 Å². The first-order valence-electron chi connectivity index (χ1n) is 5.44. The number of hydrogen-bond donors (Lipinski definition) is 1. The monoisotopic (exact) mass is 225 g/mol. The van der Waals surface area contributed by atoms with Gasteiger partial charge >= 0.3 is 0 Å². The average Bonchev–Trinajstić information content (AvgIpc) is 2.14. The lowest BCUT2D eigenvalue weighted by atomic mass is 9.90. The fourth-order valence-corrected chi connectivity index (χ4v) is 1.63. The highest BCUT2D eigenvalue weighted by Gasteiger charge is 2.23. The predicted octanol–water partition coefficient (Wildman–Crippen LogP) is 3.15. The molecule has 0 atom stereocenters. The third-order valence-corrected chi connectivity index (χ3v) is 2.63. The van der Waals surface area contributed by atoms with E-state index in [1.54, 1.807) is 0 Å². The van der Waals surface area contributed by atoms with E-state index in [4.69, 9.17) is 10.5 Å². The van der Waals surface area contributed by atoms with E-state index in [0.29, 0.717) is 5.56 Å². The number of methoxy groups -OCH3 is 1. The Balaban J connectivity index is 3.43. The van der Waals surface area contributed by atoms with Gasteiger partial charge in [-0.3, -0.25) is 0 Å². The Morgan fingerprint density at radius 1 is 1.31 bits per heavy atom. The molecule has 90 valence electrons. The van der Waals surface area contributed by atoms with Crippen molar-refractivity contribution < 1.29 is 9.13 Å². The lowest BCUT2D eigenvalue weighted by molar-refractivity contribution is 0.367. The van der Waals surface area contributed by atoms with Gasteiger partial charge in [0.05, 0.1) is 7.11 Å². The van der Waals surface area contributed by atoms with Crippen LogP contribution in [0.2, 0.25) is 0 Å². The summed E-state index contributed by atoms with van der Waals surface area (Å²) in [5.74, 6) is 0.167. The van der Waals surface area contributed by atoms with Crippen molar-refractivity contribution in [3.05, 3.63) is 29.1 Å². The zero-order valence-electron chi connectivity index (χ0n) is 10.6. The zero-order valence-corrected chi connectivity index (χ0v) is 10.6. The minimum atomic E-state index is -0.614. The third-order valence-electron chi connectivity index (χ3n) is 2.63.